The maximum absolute atomic E-state index is 11.9. The zero-order valence-electron chi connectivity index (χ0n) is 17.4. The molecule has 0 aromatic heterocycles. The molecule has 0 N–H and O–H groups in total. The molecule has 1 aromatic carbocycles. The lowest BCUT2D eigenvalue weighted by Gasteiger charge is -2.22. The summed E-state index contributed by atoms with van der Waals surface area (Å²) < 4.78 is 15.9. The fraction of sp³-hybridized carbons (Fsp3) is 0.636. The Labute approximate surface area is 163 Å². The van der Waals surface area contributed by atoms with E-state index in [0.717, 1.165) is 25.0 Å². The van der Waals surface area contributed by atoms with Crippen LogP contribution in [-0.4, -0.2) is 31.8 Å². The minimum Gasteiger partial charge on any atom is -0.493 e. The molecular formula is C22H34O5. The smallest absolute Gasteiger partial charge is 0.320 e. The first-order chi connectivity index (χ1) is 12.8. The molecule has 0 aliphatic heterocycles. The van der Waals surface area contributed by atoms with E-state index in [9.17, 15) is 9.59 Å². The van der Waals surface area contributed by atoms with Crippen LogP contribution in [0.3, 0.4) is 0 Å². The lowest BCUT2D eigenvalue weighted by molar-refractivity contribution is -0.161. The van der Waals surface area contributed by atoms with E-state index >= 15 is 0 Å². The Morgan fingerprint density at radius 3 is 2.07 bits per heavy atom. The number of para-hydroxylation sites is 1. The van der Waals surface area contributed by atoms with Gasteiger partial charge in [0.2, 0.25) is 0 Å². The van der Waals surface area contributed by atoms with Crippen LogP contribution in [0, 0.1) is 5.92 Å². The summed E-state index contributed by atoms with van der Waals surface area (Å²) >= 11 is 0. The van der Waals surface area contributed by atoms with Gasteiger partial charge in [0, 0.05) is 0 Å². The average Bonchev–Trinajstić information content (AvgIpc) is 2.60. The van der Waals surface area contributed by atoms with Crippen molar-refractivity contribution in [2.24, 2.45) is 5.92 Å². The van der Waals surface area contributed by atoms with Crippen molar-refractivity contribution >= 4 is 11.9 Å². The fourth-order valence-electron chi connectivity index (χ4n) is 2.84. The molecule has 1 rings (SSSR count). The van der Waals surface area contributed by atoms with E-state index in [1.54, 1.807) is 13.8 Å². The zero-order valence-corrected chi connectivity index (χ0v) is 17.4. The molecule has 0 atom stereocenters. The molecule has 0 saturated carbocycles. The van der Waals surface area contributed by atoms with Crippen LogP contribution in [0.1, 0.15) is 65.9 Å². The fourth-order valence-corrected chi connectivity index (χ4v) is 2.84. The van der Waals surface area contributed by atoms with Gasteiger partial charge in [-0.3, -0.25) is 9.59 Å². The minimum absolute atomic E-state index is 0.0308. The van der Waals surface area contributed by atoms with Gasteiger partial charge in [-0.1, -0.05) is 51.8 Å². The summed E-state index contributed by atoms with van der Waals surface area (Å²) in [7, 11) is 0. The number of ether oxygens (including phenoxy) is 3. The van der Waals surface area contributed by atoms with Gasteiger partial charge in [0.05, 0.1) is 19.8 Å². The van der Waals surface area contributed by atoms with Crippen LogP contribution in [-0.2, 0) is 24.5 Å². The van der Waals surface area contributed by atoms with Crippen molar-refractivity contribution in [3.05, 3.63) is 29.8 Å². The monoisotopic (exact) mass is 378 g/mol. The number of hydrogen-bond donors (Lipinski definition) is 0. The number of unbranched alkanes of at least 4 members (excludes halogenated alkanes) is 2. The maximum Gasteiger partial charge on any atom is 0.320 e. The lowest BCUT2D eigenvalue weighted by Crippen LogP contribution is -2.28. The third-order valence-corrected chi connectivity index (χ3v) is 4.23. The van der Waals surface area contributed by atoms with Crippen LogP contribution in [0.15, 0.2) is 24.3 Å². The van der Waals surface area contributed by atoms with E-state index < -0.39 is 17.9 Å². The van der Waals surface area contributed by atoms with Gasteiger partial charge in [0.15, 0.2) is 5.92 Å². The van der Waals surface area contributed by atoms with Crippen LogP contribution in [0.5, 0.6) is 5.75 Å². The van der Waals surface area contributed by atoms with E-state index in [2.05, 4.69) is 26.8 Å². The largest absolute Gasteiger partial charge is 0.493 e. The van der Waals surface area contributed by atoms with E-state index in [4.69, 9.17) is 14.2 Å². The standard InChI is InChI=1S/C22H34O5/c1-6-25-20(23)17(21(24)26-7-2)13-9-8-12-16-27-19-15-11-10-14-18(19)22(3,4)5/h10-11,14-15,17H,6-9,12-13,16H2,1-5H3. The molecule has 5 heteroatoms. The second kappa shape index (κ2) is 11.6. The molecule has 0 heterocycles. The molecule has 0 saturated heterocycles. The summed E-state index contributed by atoms with van der Waals surface area (Å²) in [6.07, 6.45) is 2.91. The molecule has 5 nitrogen and oxygen atoms in total. The quantitative estimate of drug-likeness (QED) is 0.318. The predicted molar refractivity (Wildman–Crippen MR) is 106 cm³/mol. The molecule has 27 heavy (non-hydrogen) atoms. The SMILES string of the molecule is CCOC(=O)C(CCCCCOc1ccccc1C(C)(C)C)C(=O)OCC. The third-order valence-electron chi connectivity index (χ3n) is 4.23. The predicted octanol–water partition coefficient (Wildman–Crippen LogP) is 4.67. The Balaban J connectivity index is 2.43. The Morgan fingerprint density at radius 1 is 0.926 bits per heavy atom. The van der Waals surface area contributed by atoms with Crippen LogP contribution in [0.25, 0.3) is 0 Å². The maximum atomic E-state index is 11.9. The highest BCUT2D eigenvalue weighted by atomic mass is 16.6. The summed E-state index contributed by atoms with van der Waals surface area (Å²) in [5.74, 6) is -0.897. The van der Waals surface area contributed by atoms with Crippen LogP contribution in [0.2, 0.25) is 0 Å². The summed E-state index contributed by atoms with van der Waals surface area (Å²) in [5.41, 5.74) is 1.22. The Bertz CT molecular complexity index is 571. The second-order valence-corrected chi connectivity index (χ2v) is 7.50. The van der Waals surface area contributed by atoms with Gasteiger partial charge in [-0.05, 0) is 43.7 Å². The summed E-state index contributed by atoms with van der Waals surface area (Å²) in [4.78, 5) is 23.9. The van der Waals surface area contributed by atoms with Crippen LogP contribution in [0.4, 0.5) is 0 Å². The number of carbonyl (C=O) groups is 2. The normalized spacial score (nSPS) is 11.3. The molecule has 0 unspecified atom stereocenters. The molecule has 0 fully saturated rings. The molecule has 0 bridgehead atoms. The van der Waals surface area contributed by atoms with Gasteiger partial charge in [-0.15, -0.1) is 0 Å². The summed E-state index contributed by atoms with van der Waals surface area (Å²) in [5, 5.41) is 0. The molecule has 0 spiro atoms. The van der Waals surface area contributed by atoms with Gasteiger partial charge in [0.1, 0.15) is 5.75 Å². The van der Waals surface area contributed by atoms with Crippen molar-refractivity contribution in [1.29, 1.82) is 0 Å². The first kappa shape index (κ1) is 23.0. The average molecular weight is 379 g/mol. The van der Waals surface area contributed by atoms with Crippen LogP contribution < -0.4 is 4.74 Å². The molecule has 0 aliphatic carbocycles. The number of benzene rings is 1. The number of rotatable bonds is 11. The lowest BCUT2D eigenvalue weighted by atomic mass is 9.86. The van der Waals surface area contributed by atoms with Gasteiger partial charge < -0.3 is 14.2 Å². The summed E-state index contributed by atoms with van der Waals surface area (Å²) in [6.45, 7) is 11.1. The highest BCUT2D eigenvalue weighted by Gasteiger charge is 2.28. The van der Waals surface area contributed by atoms with E-state index in [-0.39, 0.29) is 18.6 Å². The van der Waals surface area contributed by atoms with Crippen molar-refractivity contribution in [2.45, 2.75) is 65.7 Å². The molecule has 0 amide bonds. The first-order valence-corrected chi connectivity index (χ1v) is 9.86. The highest BCUT2D eigenvalue weighted by Crippen LogP contribution is 2.31. The molecule has 0 aliphatic rings. The number of esters is 2. The van der Waals surface area contributed by atoms with Crippen molar-refractivity contribution in [3.8, 4) is 5.75 Å². The third kappa shape index (κ3) is 8.02. The topological polar surface area (TPSA) is 61.8 Å². The zero-order chi connectivity index (χ0) is 20.3. The number of carbonyl (C=O) groups excluding carboxylic acids is 2. The van der Waals surface area contributed by atoms with Crippen molar-refractivity contribution < 1.29 is 23.8 Å². The highest BCUT2D eigenvalue weighted by molar-refractivity contribution is 5.94. The molecule has 0 radical (unpaired) electrons. The Morgan fingerprint density at radius 2 is 1.52 bits per heavy atom. The van der Waals surface area contributed by atoms with E-state index in [0.29, 0.717) is 13.0 Å². The Hall–Kier alpha value is -2.04. The Kier molecular flexibility index (Phi) is 9.90. The van der Waals surface area contributed by atoms with Crippen LogP contribution >= 0.6 is 0 Å². The van der Waals surface area contributed by atoms with Gasteiger partial charge in [-0.25, -0.2) is 0 Å². The van der Waals surface area contributed by atoms with Gasteiger partial charge in [-0.2, -0.15) is 0 Å². The molecule has 152 valence electrons. The van der Waals surface area contributed by atoms with Gasteiger partial charge in [0.25, 0.3) is 0 Å². The first-order valence-electron chi connectivity index (χ1n) is 9.86. The molecular weight excluding hydrogens is 344 g/mol. The van der Waals surface area contributed by atoms with Gasteiger partial charge >= 0.3 is 11.9 Å². The summed E-state index contributed by atoms with van der Waals surface area (Å²) in [6, 6.07) is 8.10. The second-order valence-electron chi connectivity index (χ2n) is 7.50. The van der Waals surface area contributed by atoms with E-state index in [1.165, 1.54) is 5.56 Å². The number of hydrogen-bond acceptors (Lipinski definition) is 5. The van der Waals surface area contributed by atoms with Crippen molar-refractivity contribution in [3.63, 3.8) is 0 Å². The van der Waals surface area contributed by atoms with Crippen molar-refractivity contribution in [2.75, 3.05) is 19.8 Å². The minimum atomic E-state index is -0.826. The molecule has 1 aromatic rings. The van der Waals surface area contributed by atoms with E-state index in [1.807, 2.05) is 18.2 Å². The van der Waals surface area contributed by atoms with Crippen molar-refractivity contribution in [1.82, 2.24) is 0 Å².